The van der Waals surface area contributed by atoms with Crippen LogP contribution in [-0.2, 0) is 12.8 Å². The molecule has 0 aliphatic carbocycles. The summed E-state index contributed by atoms with van der Waals surface area (Å²) in [5, 5.41) is 21.7. The van der Waals surface area contributed by atoms with Gasteiger partial charge in [-0.2, -0.15) is 0 Å². The van der Waals surface area contributed by atoms with E-state index in [0.717, 1.165) is 19.4 Å². The van der Waals surface area contributed by atoms with Crippen molar-refractivity contribution in [2.45, 2.75) is 18.9 Å². The van der Waals surface area contributed by atoms with Crippen molar-refractivity contribution in [3.8, 4) is 17.2 Å². The van der Waals surface area contributed by atoms with Crippen LogP contribution in [0.2, 0.25) is 0 Å². The normalized spacial score (nSPS) is 17.3. The molecule has 0 bridgehead atoms. The highest BCUT2D eigenvalue weighted by Crippen LogP contribution is 2.33. The fourth-order valence-electron chi connectivity index (χ4n) is 3.00. The monoisotopic (exact) mass is 286 g/mol. The maximum absolute atomic E-state index is 10.0. The number of benzene rings is 2. The third-order valence-electron chi connectivity index (χ3n) is 4.10. The van der Waals surface area contributed by atoms with Crippen molar-refractivity contribution in [2.24, 2.45) is 0 Å². The third-order valence-corrected chi connectivity index (χ3v) is 4.10. The van der Waals surface area contributed by atoms with Crippen molar-refractivity contribution in [1.82, 2.24) is 0 Å². The molecule has 0 aromatic heterocycles. The summed E-state index contributed by atoms with van der Waals surface area (Å²) in [7, 11) is 1.57. The summed E-state index contributed by atoms with van der Waals surface area (Å²) >= 11 is 0. The Morgan fingerprint density at radius 2 is 1.95 bits per heavy atom. The maximum atomic E-state index is 10.0. The minimum absolute atomic E-state index is 0.197. The van der Waals surface area contributed by atoms with E-state index in [-0.39, 0.29) is 17.5 Å². The van der Waals surface area contributed by atoms with Crippen LogP contribution in [0.4, 0.5) is 0 Å². The van der Waals surface area contributed by atoms with E-state index in [1.807, 2.05) is 24.3 Å². The molecule has 1 aliphatic heterocycles. The van der Waals surface area contributed by atoms with Gasteiger partial charge in [-0.1, -0.05) is 12.1 Å². The summed E-state index contributed by atoms with van der Waals surface area (Å²) in [6.45, 7) is 1.03. The molecule has 1 heterocycles. The Hall–Kier alpha value is -2.20. The van der Waals surface area contributed by atoms with E-state index in [1.54, 1.807) is 19.2 Å². The third kappa shape index (κ3) is 2.81. The number of phenolic OH excluding ortho intramolecular Hbond substituents is 2. The lowest BCUT2D eigenvalue weighted by Crippen LogP contribution is -2.87. The average Bonchev–Trinajstić information content (AvgIpc) is 2.49. The molecule has 2 aromatic rings. The van der Waals surface area contributed by atoms with Crippen molar-refractivity contribution in [3.05, 3.63) is 53.1 Å². The van der Waals surface area contributed by atoms with Crippen molar-refractivity contribution >= 4 is 0 Å². The molecule has 0 saturated carbocycles. The lowest BCUT2D eigenvalue weighted by molar-refractivity contribution is -0.698. The minimum atomic E-state index is 0.197. The molecule has 2 aromatic carbocycles. The second-order valence-electron chi connectivity index (χ2n) is 5.47. The summed E-state index contributed by atoms with van der Waals surface area (Å²) < 4.78 is 5.19. The van der Waals surface area contributed by atoms with Crippen molar-refractivity contribution in [2.75, 3.05) is 13.7 Å². The van der Waals surface area contributed by atoms with Gasteiger partial charge in [0.25, 0.3) is 0 Å². The molecular weight excluding hydrogens is 266 g/mol. The van der Waals surface area contributed by atoms with Crippen molar-refractivity contribution in [1.29, 1.82) is 0 Å². The quantitative estimate of drug-likeness (QED) is 0.801. The standard InChI is InChI=1S/C17H19NO3/c1-21-17-9-12-6-7-18-15(14(12)10-16(17)20)8-11-2-4-13(19)5-3-11/h2-5,9-10,15,18-20H,6-8H2,1H3/p+1/t15-/m1/s1. The number of ether oxygens (including phenoxy) is 1. The van der Waals surface area contributed by atoms with Crippen molar-refractivity contribution in [3.63, 3.8) is 0 Å². The Labute approximate surface area is 124 Å². The highest BCUT2D eigenvalue weighted by atomic mass is 16.5. The van der Waals surface area contributed by atoms with Crippen LogP contribution in [0.1, 0.15) is 22.7 Å². The van der Waals surface area contributed by atoms with Gasteiger partial charge in [0.1, 0.15) is 11.8 Å². The molecule has 1 atom stereocenters. The Morgan fingerprint density at radius 1 is 1.19 bits per heavy atom. The molecule has 0 saturated heterocycles. The molecular formula is C17H20NO3+. The van der Waals surface area contributed by atoms with Crippen LogP contribution >= 0.6 is 0 Å². The maximum Gasteiger partial charge on any atom is 0.160 e. The zero-order valence-corrected chi connectivity index (χ0v) is 12.0. The van der Waals surface area contributed by atoms with Crippen LogP contribution in [-0.4, -0.2) is 23.9 Å². The van der Waals surface area contributed by atoms with E-state index in [0.29, 0.717) is 5.75 Å². The molecule has 4 N–H and O–H groups in total. The number of fused-ring (bicyclic) bond motifs is 1. The molecule has 0 amide bonds. The highest BCUT2D eigenvalue weighted by Gasteiger charge is 2.25. The number of nitrogens with two attached hydrogens (primary N) is 1. The number of methoxy groups -OCH3 is 1. The number of hydrogen-bond donors (Lipinski definition) is 3. The van der Waals surface area contributed by atoms with E-state index in [9.17, 15) is 10.2 Å². The van der Waals surface area contributed by atoms with Crippen LogP contribution in [0.25, 0.3) is 0 Å². The number of phenols is 2. The van der Waals surface area contributed by atoms with Crippen LogP contribution in [0, 0.1) is 0 Å². The molecule has 4 heteroatoms. The second kappa shape index (κ2) is 5.66. The SMILES string of the molecule is COc1cc2c(cc1O)[C@@H](Cc1ccc(O)cc1)[NH2+]CC2. The smallest absolute Gasteiger partial charge is 0.160 e. The summed E-state index contributed by atoms with van der Waals surface area (Å²) in [6, 6.07) is 11.4. The molecule has 1 aliphatic rings. The Kier molecular flexibility index (Phi) is 3.71. The van der Waals surface area contributed by atoms with Crippen LogP contribution in [0.5, 0.6) is 17.2 Å². The minimum Gasteiger partial charge on any atom is -0.508 e. The fraction of sp³-hybridized carbons (Fsp3) is 0.294. The first-order chi connectivity index (χ1) is 10.2. The molecule has 0 spiro atoms. The molecule has 0 unspecified atom stereocenters. The van der Waals surface area contributed by atoms with Crippen LogP contribution in [0.3, 0.4) is 0 Å². The first-order valence-corrected chi connectivity index (χ1v) is 7.18. The Bertz CT molecular complexity index is 637. The van der Waals surface area contributed by atoms with E-state index >= 15 is 0 Å². The van der Waals surface area contributed by atoms with Crippen LogP contribution < -0.4 is 10.1 Å². The van der Waals surface area contributed by atoms with Gasteiger partial charge in [0, 0.05) is 18.4 Å². The number of hydrogen-bond acceptors (Lipinski definition) is 3. The van der Waals surface area contributed by atoms with Gasteiger partial charge in [0.05, 0.1) is 13.7 Å². The Balaban J connectivity index is 1.89. The van der Waals surface area contributed by atoms with E-state index in [1.165, 1.54) is 16.7 Å². The van der Waals surface area contributed by atoms with E-state index in [4.69, 9.17) is 4.74 Å². The van der Waals surface area contributed by atoms with E-state index < -0.39 is 0 Å². The van der Waals surface area contributed by atoms with Gasteiger partial charge in [-0.15, -0.1) is 0 Å². The lowest BCUT2D eigenvalue weighted by Gasteiger charge is -2.25. The Morgan fingerprint density at radius 3 is 2.67 bits per heavy atom. The zero-order chi connectivity index (χ0) is 14.8. The van der Waals surface area contributed by atoms with Crippen LogP contribution in [0.15, 0.2) is 36.4 Å². The molecule has 110 valence electrons. The highest BCUT2D eigenvalue weighted by molar-refractivity contribution is 5.48. The lowest BCUT2D eigenvalue weighted by atomic mass is 9.90. The summed E-state index contributed by atoms with van der Waals surface area (Å²) in [5.41, 5.74) is 3.60. The van der Waals surface area contributed by atoms with Gasteiger partial charge in [0.15, 0.2) is 11.5 Å². The average molecular weight is 286 g/mol. The zero-order valence-electron chi connectivity index (χ0n) is 12.0. The molecule has 4 nitrogen and oxygen atoms in total. The largest absolute Gasteiger partial charge is 0.508 e. The fourth-order valence-corrected chi connectivity index (χ4v) is 3.00. The van der Waals surface area contributed by atoms with Gasteiger partial charge in [-0.3, -0.25) is 0 Å². The van der Waals surface area contributed by atoms with Crippen molar-refractivity contribution < 1.29 is 20.3 Å². The van der Waals surface area contributed by atoms with Gasteiger partial charge >= 0.3 is 0 Å². The first kappa shape index (κ1) is 13.8. The molecule has 0 radical (unpaired) electrons. The first-order valence-electron chi connectivity index (χ1n) is 7.18. The van der Waals surface area contributed by atoms with Gasteiger partial charge < -0.3 is 20.3 Å². The molecule has 21 heavy (non-hydrogen) atoms. The summed E-state index contributed by atoms with van der Waals surface area (Å²) in [4.78, 5) is 0. The number of aromatic hydroxyl groups is 2. The number of quaternary nitrogens is 1. The predicted molar refractivity (Wildman–Crippen MR) is 79.7 cm³/mol. The van der Waals surface area contributed by atoms with Gasteiger partial charge in [0.2, 0.25) is 0 Å². The molecule has 3 rings (SSSR count). The number of rotatable bonds is 3. The molecule has 0 fully saturated rings. The topological polar surface area (TPSA) is 66.3 Å². The summed E-state index contributed by atoms with van der Waals surface area (Å²) in [5.74, 6) is 1.02. The van der Waals surface area contributed by atoms with Gasteiger partial charge in [-0.05, 0) is 35.4 Å². The second-order valence-corrected chi connectivity index (χ2v) is 5.47. The van der Waals surface area contributed by atoms with E-state index in [2.05, 4.69) is 5.32 Å². The predicted octanol–water partition coefficient (Wildman–Crippen LogP) is 1.51. The summed E-state index contributed by atoms with van der Waals surface area (Å²) in [6.07, 6.45) is 1.86. The van der Waals surface area contributed by atoms with Gasteiger partial charge in [-0.25, -0.2) is 0 Å².